The number of hydrogen-bond acceptors (Lipinski definition) is 2. The highest BCUT2D eigenvalue weighted by molar-refractivity contribution is 9.10. The SMILES string of the molecule is CC1Oc2c(Cl)ccc(Br)c2C1=O. The van der Waals surface area contributed by atoms with Crippen molar-refractivity contribution in [3.63, 3.8) is 0 Å². The van der Waals surface area contributed by atoms with Crippen LogP contribution in [0.15, 0.2) is 16.6 Å². The van der Waals surface area contributed by atoms with E-state index >= 15 is 0 Å². The van der Waals surface area contributed by atoms with Crippen LogP contribution in [0.1, 0.15) is 17.3 Å². The minimum Gasteiger partial charge on any atom is -0.480 e. The van der Waals surface area contributed by atoms with E-state index < -0.39 is 6.10 Å². The number of Topliss-reactive ketones (excluding diaryl/α,β-unsaturated/α-hetero) is 1. The third-order valence-corrected chi connectivity index (χ3v) is 2.93. The van der Waals surface area contributed by atoms with Crippen molar-refractivity contribution in [3.8, 4) is 5.75 Å². The first kappa shape index (κ1) is 9.03. The predicted octanol–water partition coefficient (Wildman–Crippen LogP) is 3.07. The van der Waals surface area contributed by atoms with Crippen molar-refractivity contribution in [2.45, 2.75) is 13.0 Å². The molecule has 0 spiro atoms. The first-order chi connectivity index (χ1) is 6.11. The summed E-state index contributed by atoms with van der Waals surface area (Å²) in [5.41, 5.74) is 0.556. The third kappa shape index (κ3) is 1.27. The molecule has 0 aliphatic carbocycles. The van der Waals surface area contributed by atoms with Gasteiger partial charge in [-0.25, -0.2) is 0 Å². The van der Waals surface area contributed by atoms with Crippen LogP contribution in [0.25, 0.3) is 0 Å². The molecule has 0 aromatic heterocycles. The number of fused-ring (bicyclic) bond motifs is 1. The van der Waals surface area contributed by atoms with Gasteiger partial charge in [0.25, 0.3) is 0 Å². The maximum Gasteiger partial charge on any atom is 0.207 e. The Morgan fingerprint density at radius 1 is 1.54 bits per heavy atom. The van der Waals surface area contributed by atoms with Crippen molar-refractivity contribution in [1.29, 1.82) is 0 Å². The summed E-state index contributed by atoms with van der Waals surface area (Å²) in [6.45, 7) is 1.71. The molecule has 1 aromatic rings. The number of ketones is 1. The average Bonchev–Trinajstić information content (AvgIpc) is 2.38. The summed E-state index contributed by atoms with van der Waals surface area (Å²) >= 11 is 9.16. The van der Waals surface area contributed by atoms with E-state index in [0.29, 0.717) is 16.3 Å². The second-order valence-corrected chi connectivity index (χ2v) is 4.12. The van der Waals surface area contributed by atoms with E-state index in [0.717, 1.165) is 4.47 Å². The van der Waals surface area contributed by atoms with Crippen molar-refractivity contribution in [2.75, 3.05) is 0 Å². The molecular formula is C9H6BrClO2. The van der Waals surface area contributed by atoms with Gasteiger partial charge in [0.05, 0.1) is 10.6 Å². The van der Waals surface area contributed by atoms with E-state index in [-0.39, 0.29) is 5.78 Å². The van der Waals surface area contributed by atoms with Crippen molar-refractivity contribution in [3.05, 3.63) is 27.2 Å². The molecule has 0 amide bonds. The highest BCUT2D eigenvalue weighted by Gasteiger charge is 2.32. The highest BCUT2D eigenvalue weighted by atomic mass is 79.9. The molecule has 0 N–H and O–H groups in total. The molecule has 13 heavy (non-hydrogen) atoms. The molecule has 1 heterocycles. The highest BCUT2D eigenvalue weighted by Crippen LogP contribution is 2.39. The largest absolute Gasteiger partial charge is 0.480 e. The van der Waals surface area contributed by atoms with Crippen LogP contribution >= 0.6 is 27.5 Å². The van der Waals surface area contributed by atoms with Crippen molar-refractivity contribution in [1.82, 2.24) is 0 Å². The number of carbonyl (C=O) groups excluding carboxylic acids is 1. The third-order valence-electron chi connectivity index (χ3n) is 1.97. The summed E-state index contributed by atoms with van der Waals surface area (Å²) in [5, 5.41) is 0.482. The quantitative estimate of drug-likeness (QED) is 0.717. The normalized spacial score (nSPS) is 19.9. The molecule has 1 aliphatic rings. The van der Waals surface area contributed by atoms with Gasteiger partial charge in [0, 0.05) is 4.47 Å². The molecule has 0 bridgehead atoms. The molecule has 68 valence electrons. The van der Waals surface area contributed by atoms with Gasteiger partial charge in [-0.2, -0.15) is 0 Å². The molecule has 1 aromatic carbocycles. The van der Waals surface area contributed by atoms with Crippen LogP contribution < -0.4 is 4.74 Å². The fourth-order valence-electron chi connectivity index (χ4n) is 1.31. The second kappa shape index (κ2) is 3.00. The van der Waals surface area contributed by atoms with Crippen LogP contribution in [-0.2, 0) is 0 Å². The van der Waals surface area contributed by atoms with Crippen LogP contribution in [-0.4, -0.2) is 11.9 Å². The van der Waals surface area contributed by atoms with Gasteiger partial charge in [0.15, 0.2) is 11.9 Å². The number of ether oxygens (including phenoxy) is 1. The Kier molecular flexibility index (Phi) is 2.08. The molecular weight excluding hydrogens is 255 g/mol. The number of carbonyl (C=O) groups is 1. The Labute approximate surface area is 89.0 Å². The minimum atomic E-state index is -0.425. The maximum absolute atomic E-state index is 11.6. The molecule has 1 unspecified atom stereocenters. The summed E-state index contributed by atoms with van der Waals surface area (Å²) in [6, 6.07) is 3.45. The Balaban J connectivity index is 2.68. The first-order valence-electron chi connectivity index (χ1n) is 3.80. The topological polar surface area (TPSA) is 26.3 Å². The van der Waals surface area contributed by atoms with E-state index in [1.165, 1.54) is 0 Å². The molecule has 0 saturated heterocycles. The summed E-state index contributed by atoms with van der Waals surface area (Å²) in [5.74, 6) is 0.470. The van der Waals surface area contributed by atoms with Crippen molar-refractivity contribution in [2.24, 2.45) is 0 Å². The first-order valence-corrected chi connectivity index (χ1v) is 4.97. The Morgan fingerprint density at radius 3 is 2.85 bits per heavy atom. The Hall–Kier alpha value is -0.540. The zero-order valence-electron chi connectivity index (χ0n) is 6.80. The van der Waals surface area contributed by atoms with E-state index in [1.54, 1.807) is 19.1 Å². The van der Waals surface area contributed by atoms with Gasteiger partial charge in [-0.05, 0) is 35.0 Å². The summed E-state index contributed by atoms with van der Waals surface area (Å²) < 4.78 is 6.06. The Morgan fingerprint density at radius 2 is 2.23 bits per heavy atom. The van der Waals surface area contributed by atoms with Gasteiger partial charge in [0.1, 0.15) is 0 Å². The molecule has 0 fully saturated rings. The molecule has 2 nitrogen and oxygen atoms in total. The van der Waals surface area contributed by atoms with Gasteiger partial charge < -0.3 is 4.74 Å². The van der Waals surface area contributed by atoms with E-state index in [4.69, 9.17) is 16.3 Å². The van der Waals surface area contributed by atoms with Crippen LogP contribution in [0, 0.1) is 0 Å². The monoisotopic (exact) mass is 260 g/mol. The smallest absolute Gasteiger partial charge is 0.207 e. The molecule has 1 aliphatic heterocycles. The predicted molar refractivity (Wildman–Crippen MR) is 53.6 cm³/mol. The molecule has 2 rings (SSSR count). The zero-order chi connectivity index (χ0) is 9.59. The lowest BCUT2D eigenvalue weighted by Gasteiger charge is -2.02. The Bertz CT molecular complexity index is 389. The average molecular weight is 262 g/mol. The fraction of sp³-hybridized carbons (Fsp3) is 0.222. The van der Waals surface area contributed by atoms with Crippen LogP contribution in [0.3, 0.4) is 0 Å². The van der Waals surface area contributed by atoms with Crippen molar-refractivity contribution >= 4 is 33.3 Å². The second-order valence-electron chi connectivity index (χ2n) is 2.86. The lowest BCUT2D eigenvalue weighted by molar-refractivity contribution is 0.0878. The van der Waals surface area contributed by atoms with Gasteiger partial charge in [-0.15, -0.1) is 0 Å². The van der Waals surface area contributed by atoms with Crippen LogP contribution in [0.4, 0.5) is 0 Å². The minimum absolute atomic E-state index is 0.0237. The number of benzene rings is 1. The fourth-order valence-corrected chi connectivity index (χ4v) is 2.02. The molecule has 0 radical (unpaired) electrons. The molecule has 0 saturated carbocycles. The van der Waals surface area contributed by atoms with Gasteiger partial charge in [-0.1, -0.05) is 11.6 Å². The molecule has 4 heteroatoms. The van der Waals surface area contributed by atoms with Crippen molar-refractivity contribution < 1.29 is 9.53 Å². The van der Waals surface area contributed by atoms with Gasteiger partial charge in [0.2, 0.25) is 5.78 Å². The summed E-state index contributed by atoms with van der Waals surface area (Å²) in [7, 11) is 0. The van der Waals surface area contributed by atoms with Gasteiger partial charge >= 0.3 is 0 Å². The lowest BCUT2D eigenvalue weighted by Crippen LogP contribution is -2.14. The zero-order valence-corrected chi connectivity index (χ0v) is 9.15. The number of hydrogen-bond donors (Lipinski definition) is 0. The lowest BCUT2D eigenvalue weighted by atomic mass is 10.1. The standard InChI is InChI=1S/C9H6BrClO2/c1-4-8(12)7-5(10)2-3-6(11)9(7)13-4/h2-4H,1H3. The van der Waals surface area contributed by atoms with E-state index in [1.807, 2.05) is 0 Å². The van der Waals surface area contributed by atoms with Crippen LogP contribution in [0.5, 0.6) is 5.75 Å². The number of halogens is 2. The molecule has 1 atom stereocenters. The number of rotatable bonds is 0. The summed E-state index contributed by atoms with van der Waals surface area (Å²) in [4.78, 5) is 11.6. The van der Waals surface area contributed by atoms with E-state index in [9.17, 15) is 4.79 Å². The van der Waals surface area contributed by atoms with Gasteiger partial charge in [-0.3, -0.25) is 4.79 Å². The maximum atomic E-state index is 11.6. The summed E-state index contributed by atoms with van der Waals surface area (Å²) in [6.07, 6.45) is -0.425. The van der Waals surface area contributed by atoms with E-state index in [2.05, 4.69) is 15.9 Å². The van der Waals surface area contributed by atoms with Crippen LogP contribution in [0.2, 0.25) is 5.02 Å².